The number of hydrogen-bond donors (Lipinski definition) is 0. The minimum atomic E-state index is -4.15. The molecule has 1 unspecified atom stereocenters. The van der Waals surface area contributed by atoms with Gasteiger partial charge in [0.15, 0.2) is 9.58 Å². The molecular formula is C16H18BrF3O3S. The Morgan fingerprint density at radius 2 is 1.71 bits per heavy atom. The molecule has 2 aromatic rings. The molecule has 3 nitrogen and oxygen atoms in total. The summed E-state index contributed by atoms with van der Waals surface area (Å²) in [7, 11) is -1.70. The van der Waals surface area contributed by atoms with Gasteiger partial charge in [-0.05, 0) is 37.0 Å². The molecule has 0 saturated heterocycles. The fraction of sp³-hybridized carbons (Fsp3) is 0.500. The van der Waals surface area contributed by atoms with E-state index >= 15 is 0 Å². The zero-order chi connectivity index (χ0) is 17.9. The van der Waals surface area contributed by atoms with Crippen LogP contribution in [0.15, 0.2) is 24.3 Å². The van der Waals surface area contributed by atoms with Crippen molar-refractivity contribution in [3.05, 3.63) is 34.7 Å². The normalized spacial score (nSPS) is 16.6. The molecule has 0 aliphatic heterocycles. The fourth-order valence-corrected chi connectivity index (χ4v) is 5.35. The molecule has 1 fully saturated rings. The first-order chi connectivity index (χ1) is 11.2. The lowest BCUT2D eigenvalue weighted by molar-refractivity contribution is -1.73. The van der Waals surface area contributed by atoms with Crippen molar-refractivity contribution in [2.24, 2.45) is 0 Å². The Balaban J connectivity index is 0.000000471. The Bertz CT molecular complexity index is 676. The van der Waals surface area contributed by atoms with Gasteiger partial charge >= 0.3 is 5.51 Å². The van der Waals surface area contributed by atoms with E-state index in [-0.39, 0.29) is 5.92 Å². The molecule has 3 rings (SSSR count). The van der Waals surface area contributed by atoms with Crippen molar-refractivity contribution in [1.82, 2.24) is 0 Å². The third-order valence-electron chi connectivity index (χ3n) is 4.22. The van der Waals surface area contributed by atoms with E-state index in [4.69, 9.17) is 12.6 Å². The van der Waals surface area contributed by atoms with Crippen LogP contribution in [0.25, 0.3) is 10.1 Å². The lowest BCUT2D eigenvalue weighted by Crippen LogP contribution is -2.42. The van der Waals surface area contributed by atoms with Gasteiger partial charge in [-0.15, -0.1) is 13.2 Å². The Hall–Kier alpha value is -0.670. The van der Waals surface area contributed by atoms with Gasteiger partial charge in [-0.2, -0.15) is 0 Å². The van der Waals surface area contributed by atoms with Gasteiger partial charge in [0.2, 0.25) is 14.8 Å². The molecule has 1 aromatic heterocycles. The van der Waals surface area contributed by atoms with Gasteiger partial charge in [0.25, 0.3) is 0 Å². The van der Waals surface area contributed by atoms with Crippen molar-refractivity contribution in [3.63, 3.8) is 0 Å². The molecule has 0 N–H and O–H groups in total. The predicted octanol–water partition coefficient (Wildman–Crippen LogP) is 2.72. The third kappa shape index (κ3) is 4.70. The third-order valence-corrected chi connectivity index (χ3v) is 6.42. The van der Waals surface area contributed by atoms with Crippen LogP contribution in [0.4, 0.5) is 13.2 Å². The number of hydrogen-bond acceptors (Lipinski definition) is 3. The molecule has 0 radical (unpaired) electrons. The van der Waals surface area contributed by atoms with Crippen molar-refractivity contribution in [2.45, 2.75) is 50.5 Å². The molecule has 1 heterocycles. The zero-order valence-corrected chi connectivity index (χ0v) is 15.5. The molecule has 0 spiro atoms. The van der Waals surface area contributed by atoms with Crippen molar-refractivity contribution in [1.29, 1.82) is 0 Å². The highest BCUT2D eigenvalue weighted by Crippen LogP contribution is 2.55. The summed E-state index contributed by atoms with van der Waals surface area (Å²) >= 11 is -3.65. The van der Waals surface area contributed by atoms with E-state index in [9.17, 15) is 13.2 Å². The average molecular weight is 427 g/mol. The molecule has 24 heavy (non-hydrogen) atoms. The molecule has 0 amide bonds. The van der Waals surface area contributed by atoms with E-state index in [1.165, 1.54) is 0 Å². The number of alkyl halides is 3. The van der Waals surface area contributed by atoms with Gasteiger partial charge in [-0.1, -0.05) is 25.8 Å². The van der Waals surface area contributed by atoms with Crippen molar-refractivity contribution in [2.75, 3.05) is 0 Å². The van der Waals surface area contributed by atoms with Gasteiger partial charge in [0, 0.05) is 17.4 Å². The summed E-state index contributed by atoms with van der Waals surface area (Å²) in [6.07, 6.45) is 4.82. The molecular weight excluding hydrogens is 409 g/mol. The summed E-state index contributed by atoms with van der Waals surface area (Å²) < 4.78 is 66.5. The van der Waals surface area contributed by atoms with E-state index in [0.29, 0.717) is 9.58 Å². The number of thiophene rings is 1. The van der Waals surface area contributed by atoms with Crippen LogP contribution in [-0.4, -0.2) is 0 Å². The first-order valence-corrected chi connectivity index (χ1v) is 10.8. The summed E-state index contributed by atoms with van der Waals surface area (Å²) in [5, 5.41) is 0.798. The zero-order valence-electron chi connectivity index (χ0n) is 13.1. The van der Waals surface area contributed by atoms with Crippen LogP contribution in [-0.2, 0) is 11.9 Å². The highest BCUT2D eigenvalue weighted by Gasteiger charge is 2.49. The number of rotatable bonds is 2. The topological polar surface area (TPSA) is 69.2 Å². The molecule has 1 atom stereocenters. The van der Waals surface area contributed by atoms with E-state index in [1.807, 2.05) is 25.1 Å². The minimum absolute atomic E-state index is 0.137. The minimum Gasteiger partial charge on any atom is -0.405 e. The molecule has 8 heteroatoms. The Morgan fingerprint density at radius 1 is 1.12 bits per heavy atom. The van der Waals surface area contributed by atoms with Crippen LogP contribution in [0.2, 0.25) is 0 Å². The van der Waals surface area contributed by atoms with Gasteiger partial charge in [-0.25, -0.2) is 0 Å². The van der Waals surface area contributed by atoms with Crippen LogP contribution in [0.1, 0.15) is 49.0 Å². The number of aryl methyl sites for hydroxylation is 1. The second-order valence-electron chi connectivity index (χ2n) is 5.69. The molecule has 1 aliphatic carbocycles. The largest absolute Gasteiger partial charge is 0.600 e. The summed E-state index contributed by atoms with van der Waals surface area (Å²) in [6.45, 7) is 2.03. The van der Waals surface area contributed by atoms with Crippen LogP contribution >= 0.6 is 10.5 Å². The van der Waals surface area contributed by atoms with Crippen molar-refractivity contribution >= 4 is 20.6 Å². The maximum atomic E-state index is 13.5. The number of benzene rings is 1. The molecule has 0 bridgehead atoms. The summed E-state index contributed by atoms with van der Waals surface area (Å²) in [4.78, 5) is 0.637. The molecule has 1 saturated carbocycles. The van der Waals surface area contributed by atoms with Crippen LogP contribution in [0, 0.1) is 14.8 Å². The lowest BCUT2D eigenvalue weighted by atomic mass is 10.1. The highest BCUT2D eigenvalue weighted by atomic mass is 80.0. The Labute approximate surface area is 146 Å². The van der Waals surface area contributed by atoms with Crippen LogP contribution in [0.3, 0.4) is 0 Å². The first-order valence-electron chi connectivity index (χ1n) is 7.62. The van der Waals surface area contributed by atoms with Gasteiger partial charge in [0.1, 0.15) is 0 Å². The predicted molar refractivity (Wildman–Crippen MR) is 78.3 cm³/mol. The molecule has 134 valence electrons. The quantitative estimate of drug-likeness (QED) is 0.693. The lowest BCUT2D eigenvalue weighted by Gasteiger charge is -2.05. The average Bonchev–Trinajstić information content (AvgIpc) is 3.11. The fourth-order valence-electron chi connectivity index (χ4n) is 3.21. The van der Waals surface area contributed by atoms with Gasteiger partial charge in [-0.3, -0.25) is 0 Å². The maximum absolute atomic E-state index is 13.5. The Morgan fingerprint density at radius 3 is 2.21 bits per heavy atom. The van der Waals surface area contributed by atoms with Crippen molar-refractivity contribution in [3.8, 4) is 0 Å². The molecule has 1 aromatic carbocycles. The summed E-state index contributed by atoms with van der Waals surface area (Å²) in [5.41, 5.74) is -3.04. The monoisotopic (exact) mass is 426 g/mol. The molecule has 1 aliphatic rings. The smallest absolute Gasteiger partial charge is 0.405 e. The maximum Gasteiger partial charge on any atom is 0.600 e. The van der Waals surface area contributed by atoms with E-state index in [2.05, 4.69) is 0 Å². The van der Waals surface area contributed by atoms with Crippen LogP contribution < -0.4 is 12.6 Å². The van der Waals surface area contributed by atoms with E-state index in [1.54, 1.807) is 6.07 Å². The Kier molecular flexibility index (Phi) is 6.66. The van der Waals surface area contributed by atoms with Crippen molar-refractivity contribution < 1.29 is 40.6 Å². The standard InChI is InChI=1S/C16H18F3S.BrO3/c1-2-11-7-8-14-13(9-11)10-15(12-5-3-4-6-12)20(14)16(17,18)19;2-1(3)4/h7-10,12H,2-6H2,1H3;/q+1;-1. The van der Waals surface area contributed by atoms with Gasteiger partial charge < -0.3 is 12.6 Å². The summed E-state index contributed by atoms with van der Waals surface area (Å²) in [5.74, 6) is 0.137. The summed E-state index contributed by atoms with van der Waals surface area (Å²) in [6, 6.07) is 7.31. The number of fused-ring (bicyclic) bond motifs is 1. The number of halogens is 4. The van der Waals surface area contributed by atoms with E-state index in [0.717, 1.165) is 43.1 Å². The van der Waals surface area contributed by atoms with Crippen LogP contribution in [0.5, 0.6) is 0 Å². The second kappa shape index (κ2) is 8.14. The SMILES string of the molecule is CCc1ccc2c(c1)cc(C1CCCC1)[s+]2C(F)(F)F.[O-][Br+2]([O-])[O-]. The second-order valence-corrected chi connectivity index (χ2v) is 8.47. The van der Waals surface area contributed by atoms with E-state index < -0.39 is 30.8 Å². The highest BCUT2D eigenvalue weighted by molar-refractivity contribution is 7.38. The van der Waals surface area contributed by atoms with Gasteiger partial charge in [0.05, 0.1) is 10.5 Å². The first kappa shape index (κ1) is 19.7.